The zero-order valence-corrected chi connectivity index (χ0v) is 16.6. The summed E-state index contributed by atoms with van der Waals surface area (Å²) in [5.74, 6) is 2.00. The van der Waals surface area contributed by atoms with Gasteiger partial charge in [-0.25, -0.2) is 4.98 Å². The van der Waals surface area contributed by atoms with Gasteiger partial charge in [-0.15, -0.1) is 0 Å². The molecule has 2 fully saturated rings. The van der Waals surface area contributed by atoms with Crippen molar-refractivity contribution in [3.63, 3.8) is 0 Å². The molecular weight excluding hydrogens is 354 g/mol. The summed E-state index contributed by atoms with van der Waals surface area (Å²) >= 11 is 0. The molecule has 1 N–H and O–H groups in total. The van der Waals surface area contributed by atoms with E-state index in [1.807, 2.05) is 17.0 Å². The minimum absolute atomic E-state index is 0.124. The number of nitrogens with zero attached hydrogens (tertiary/aromatic N) is 3. The van der Waals surface area contributed by atoms with Gasteiger partial charge >= 0.3 is 0 Å². The third-order valence-corrected chi connectivity index (χ3v) is 6.21. The molecule has 3 heterocycles. The minimum Gasteiger partial charge on any atom is -0.494 e. The summed E-state index contributed by atoms with van der Waals surface area (Å²) in [4.78, 5) is 21.5. The molecule has 2 saturated heterocycles. The number of ether oxygens (including phenoxy) is 1. The van der Waals surface area contributed by atoms with E-state index in [0.29, 0.717) is 19.4 Å². The maximum atomic E-state index is 12.3. The van der Waals surface area contributed by atoms with Crippen LogP contribution in [0.1, 0.15) is 32.1 Å². The molecule has 0 bridgehead atoms. The summed E-state index contributed by atoms with van der Waals surface area (Å²) in [6.07, 6.45) is 4.45. The van der Waals surface area contributed by atoms with E-state index in [4.69, 9.17) is 14.8 Å². The highest BCUT2D eigenvalue weighted by Crippen LogP contribution is 2.40. The van der Waals surface area contributed by atoms with Gasteiger partial charge in [0, 0.05) is 50.0 Å². The van der Waals surface area contributed by atoms with Crippen LogP contribution in [0.15, 0.2) is 30.3 Å². The smallest absolute Gasteiger partial charge is 0.222 e. The maximum Gasteiger partial charge on any atom is 0.222 e. The number of aromatic nitrogens is 1. The van der Waals surface area contributed by atoms with Gasteiger partial charge in [-0.1, -0.05) is 12.1 Å². The normalized spacial score (nSPS) is 22.9. The van der Waals surface area contributed by atoms with Crippen molar-refractivity contribution >= 4 is 22.6 Å². The number of aliphatic hydroxyl groups excluding tert-OH is 1. The number of carbonyl (C=O) groups excluding carboxylic acids is 1. The predicted molar refractivity (Wildman–Crippen MR) is 110 cm³/mol. The number of aliphatic hydroxyl groups is 1. The zero-order chi connectivity index (χ0) is 19.6. The van der Waals surface area contributed by atoms with Gasteiger partial charge in [0.15, 0.2) is 0 Å². The van der Waals surface area contributed by atoms with Crippen molar-refractivity contribution in [1.82, 2.24) is 9.88 Å². The van der Waals surface area contributed by atoms with E-state index in [0.717, 1.165) is 61.4 Å². The molecule has 2 aromatic rings. The number of hydrogen-bond donors (Lipinski definition) is 1. The molecular formula is C22H29N3O3. The topological polar surface area (TPSA) is 65.9 Å². The molecule has 0 aliphatic carbocycles. The van der Waals surface area contributed by atoms with Gasteiger partial charge in [0.05, 0.1) is 7.11 Å². The second kappa shape index (κ2) is 7.95. The van der Waals surface area contributed by atoms with Crippen LogP contribution in [-0.4, -0.2) is 60.8 Å². The lowest BCUT2D eigenvalue weighted by Crippen LogP contribution is -2.54. The lowest BCUT2D eigenvalue weighted by Gasteiger charge is -2.48. The van der Waals surface area contributed by atoms with E-state index in [9.17, 15) is 4.79 Å². The highest BCUT2D eigenvalue weighted by molar-refractivity contribution is 5.86. The van der Waals surface area contributed by atoms with Crippen molar-refractivity contribution in [3.8, 4) is 5.75 Å². The van der Waals surface area contributed by atoms with Crippen LogP contribution in [0.5, 0.6) is 5.75 Å². The summed E-state index contributed by atoms with van der Waals surface area (Å²) < 4.78 is 5.50. The van der Waals surface area contributed by atoms with E-state index in [-0.39, 0.29) is 17.9 Å². The minimum atomic E-state index is 0.124. The summed E-state index contributed by atoms with van der Waals surface area (Å²) in [5.41, 5.74) is 1.02. The number of pyridine rings is 1. The Balaban J connectivity index is 1.57. The first kappa shape index (κ1) is 19.0. The first-order chi connectivity index (χ1) is 13.6. The largest absolute Gasteiger partial charge is 0.494 e. The number of fused-ring (bicyclic) bond motifs is 1. The van der Waals surface area contributed by atoms with Crippen molar-refractivity contribution in [2.75, 3.05) is 44.8 Å². The SMILES string of the molecule is COc1cccc2ccc(N3CCC[C@]4(CCC(=O)N(CCCO)C4)C3)nc12. The summed E-state index contributed by atoms with van der Waals surface area (Å²) in [7, 11) is 1.68. The number of rotatable bonds is 5. The molecule has 1 aromatic heterocycles. The number of carbonyl (C=O) groups is 1. The van der Waals surface area contributed by atoms with Gasteiger partial charge < -0.3 is 19.6 Å². The number of hydrogen-bond acceptors (Lipinski definition) is 5. The van der Waals surface area contributed by atoms with E-state index in [1.165, 1.54) is 0 Å². The Kier molecular flexibility index (Phi) is 5.40. The molecule has 0 saturated carbocycles. The number of likely N-dealkylation sites (tertiary alicyclic amines) is 1. The highest BCUT2D eigenvalue weighted by atomic mass is 16.5. The summed E-state index contributed by atoms with van der Waals surface area (Å²) in [6, 6.07) is 10.2. The van der Waals surface area contributed by atoms with Crippen LogP contribution in [0, 0.1) is 5.41 Å². The fraction of sp³-hybridized carbons (Fsp3) is 0.545. The number of anilines is 1. The molecule has 28 heavy (non-hydrogen) atoms. The molecule has 4 rings (SSSR count). The highest BCUT2D eigenvalue weighted by Gasteiger charge is 2.41. The molecule has 1 spiro atoms. The fourth-order valence-corrected chi connectivity index (χ4v) is 4.75. The Hall–Kier alpha value is -2.34. The van der Waals surface area contributed by atoms with Crippen LogP contribution in [0.2, 0.25) is 0 Å². The molecule has 1 atom stereocenters. The fourth-order valence-electron chi connectivity index (χ4n) is 4.75. The van der Waals surface area contributed by atoms with Crippen molar-refractivity contribution in [3.05, 3.63) is 30.3 Å². The number of piperidine rings is 2. The van der Waals surface area contributed by atoms with Crippen molar-refractivity contribution in [2.45, 2.75) is 32.1 Å². The zero-order valence-electron chi connectivity index (χ0n) is 16.6. The third kappa shape index (κ3) is 3.65. The van der Waals surface area contributed by atoms with Crippen molar-refractivity contribution in [1.29, 1.82) is 0 Å². The molecule has 1 aromatic carbocycles. The first-order valence-corrected chi connectivity index (χ1v) is 10.2. The second-order valence-electron chi connectivity index (χ2n) is 8.12. The standard InChI is InChI=1S/C22H29N3O3/c1-28-18-6-2-5-17-7-8-19(23-21(17)18)24-12-3-10-22(15-24)11-9-20(27)25(16-22)13-4-14-26/h2,5-8,26H,3-4,9-16H2,1H3/t22-/m0/s1. The molecule has 0 radical (unpaired) electrons. The molecule has 2 aliphatic heterocycles. The van der Waals surface area contributed by atoms with E-state index < -0.39 is 0 Å². The number of methoxy groups -OCH3 is 1. The quantitative estimate of drug-likeness (QED) is 0.860. The van der Waals surface area contributed by atoms with Crippen molar-refractivity contribution in [2.24, 2.45) is 5.41 Å². The van der Waals surface area contributed by atoms with Gasteiger partial charge in [-0.3, -0.25) is 4.79 Å². The number of amides is 1. The van der Waals surface area contributed by atoms with Crippen LogP contribution >= 0.6 is 0 Å². The van der Waals surface area contributed by atoms with Gasteiger partial charge in [-0.2, -0.15) is 0 Å². The number of benzene rings is 1. The van der Waals surface area contributed by atoms with Crippen LogP contribution < -0.4 is 9.64 Å². The van der Waals surface area contributed by atoms with E-state index in [1.54, 1.807) is 7.11 Å². The molecule has 150 valence electrons. The third-order valence-electron chi connectivity index (χ3n) is 6.21. The average molecular weight is 383 g/mol. The van der Waals surface area contributed by atoms with Gasteiger partial charge in [0.2, 0.25) is 5.91 Å². The second-order valence-corrected chi connectivity index (χ2v) is 8.12. The van der Waals surface area contributed by atoms with Gasteiger partial charge in [-0.05, 0) is 43.9 Å². The monoisotopic (exact) mass is 383 g/mol. The molecule has 6 nitrogen and oxygen atoms in total. The van der Waals surface area contributed by atoms with Crippen molar-refractivity contribution < 1.29 is 14.6 Å². The Morgan fingerprint density at radius 1 is 1.21 bits per heavy atom. The van der Waals surface area contributed by atoms with E-state index >= 15 is 0 Å². The van der Waals surface area contributed by atoms with Crippen LogP contribution in [0.3, 0.4) is 0 Å². The summed E-state index contributed by atoms with van der Waals surface area (Å²) in [6.45, 7) is 3.48. The predicted octanol–water partition coefficient (Wildman–Crippen LogP) is 2.83. The average Bonchev–Trinajstić information content (AvgIpc) is 2.74. The number of para-hydroxylation sites is 1. The Morgan fingerprint density at radius 3 is 2.93 bits per heavy atom. The van der Waals surface area contributed by atoms with Gasteiger partial charge in [0.1, 0.15) is 17.1 Å². The lowest BCUT2D eigenvalue weighted by molar-refractivity contribution is -0.138. The first-order valence-electron chi connectivity index (χ1n) is 10.2. The van der Waals surface area contributed by atoms with E-state index in [2.05, 4.69) is 23.1 Å². The maximum absolute atomic E-state index is 12.3. The Labute approximate surface area is 166 Å². The Morgan fingerprint density at radius 2 is 2.11 bits per heavy atom. The molecule has 6 heteroatoms. The summed E-state index contributed by atoms with van der Waals surface area (Å²) in [5, 5.41) is 10.2. The lowest BCUT2D eigenvalue weighted by atomic mass is 9.73. The molecule has 0 unspecified atom stereocenters. The Bertz CT molecular complexity index is 856. The van der Waals surface area contributed by atoms with Crippen LogP contribution in [0.4, 0.5) is 5.82 Å². The van der Waals surface area contributed by atoms with Crippen LogP contribution in [-0.2, 0) is 4.79 Å². The molecule has 1 amide bonds. The molecule has 2 aliphatic rings. The van der Waals surface area contributed by atoms with Crippen LogP contribution in [0.25, 0.3) is 10.9 Å². The van der Waals surface area contributed by atoms with Gasteiger partial charge in [0.25, 0.3) is 0 Å².